The fourth-order valence-electron chi connectivity index (χ4n) is 3.27. The summed E-state index contributed by atoms with van der Waals surface area (Å²) in [6.07, 6.45) is 7.44. The smallest absolute Gasteiger partial charge is 0.223 e. The Balaban J connectivity index is 1.74. The van der Waals surface area contributed by atoms with Crippen LogP contribution in [0.4, 0.5) is 5.95 Å². The van der Waals surface area contributed by atoms with E-state index >= 15 is 0 Å². The molecule has 2 unspecified atom stereocenters. The van der Waals surface area contributed by atoms with E-state index in [1.54, 1.807) is 11.3 Å². The van der Waals surface area contributed by atoms with E-state index < -0.39 is 0 Å². The molecule has 2 heterocycles. The minimum atomic E-state index is 0.483. The molecule has 0 amide bonds. The van der Waals surface area contributed by atoms with Gasteiger partial charge < -0.3 is 5.32 Å². The first-order valence-electron chi connectivity index (χ1n) is 7.62. The number of hydrogen-bond donors (Lipinski definition) is 1. The van der Waals surface area contributed by atoms with Gasteiger partial charge in [0.2, 0.25) is 5.95 Å². The highest BCUT2D eigenvalue weighted by Crippen LogP contribution is 2.30. The summed E-state index contributed by atoms with van der Waals surface area (Å²) in [6.45, 7) is 6.73. The Kier molecular flexibility index (Phi) is 4.19. The average Bonchev–Trinajstić information content (AvgIpc) is 2.84. The van der Waals surface area contributed by atoms with E-state index in [2.05, 4.69) is 41.0 Å². The van der Waals surface area contributed by atoms with Crippen LogP contribution in [0.3, 0.4) is 0 Å². The quantitative estimate of drug-likeness (QED) is 0.925. The van der Waals surface area contributed by atoms with E-state index in [0.717, 1.165) is 28.5 Å². The molecule has 0 bridgehead atoms. The van der Waals surface area contributed by atoms with Crippen molar-refractivity contribution in [2.24, 2.45) is 11.8 Å². The second kappa shape index (κ2) is 6.10. The van der Waals surface area contributed by atoms with Crippen molar-refractivity contribution in [1.29, 1.82) is 0 Å². The summed E-state index contributed by atoms with van der Waals surface area (Å²) in [4.78, 5) is 14.6. The fraction of sp³-hybridized carbons (Fsp3) is 0.562. The lowest BCUT2D eigenvalue weighted by Crippen LogP contribution is -2.30. The molecule has 5 heteroatoms. The molecule has 0 spiro atoms. The first kappa shape index (κ1) is 14.4. The molecule has 0 aromatic carbocycles. The monoisotopic (exact) mass is 302 g/mol. The van der Waals surface area contributed by atoms with E-state index in [1.165, 1.54) is 24.1 Å². The lowest BCUT2D eigenvalue weighted by atomic mass is 9.80. The van der Waals surface area contributed by atoms with Gasteiger partial charge in [0.1, 0.15) is 10.7 Å². The minimum Gasteiger partial charge on any atom is -0.351 e. The fourth-order valence-corrected chi connectivity index (χ4v) is 4.00. The highest BCUT2D eigenvalue weighted by Gasteiger charge is 2.24. The van der Waals surface area contributed by atoms with Gasteiger partial charge in [0.15, 0.2) is 0 Å². The van der Waals surface area contributed by atoms with Gasteiger partial charge in [-0.25, -0.2) is 15.0 Å². The van der Waals surface area contributed by atoms with Crippen molar-refractivity contribution in [3.05, 3.63) is 23.3 Å². The van der Waals surface area contributed by atoms with Crippen LogP contribution in [-0.2, 0) is 0 Å². The predicted octanol–water partition coefficient (Wildman–Crippen LogP) is 4.15. The highest BCUT2D eigenvalue weighted by atomic mass is 32.1. The molecule has 0 saturated heterocycles. The molecule has 1 aliphatic rings. The lowest BCUT2D eigenvalue weighted by molar-refractivity contribution is 0.280. The number of nitrogens with zero attached hydrogens (tertiary/aromatic N) is 3. The third-order valence-corrected chi connectivity index (χ3v) is 4.94. The molecule has 3 atom stereocenters. The molecule has 112 valence electrons. The van der Waals surface area contributed by atoms with Crippen molar-refractivity contribution < 1.29 is 0 Å². The Morgan fingerprint density at radius 3 is 2.57 bits per heavy atom. The summed E-state index contributed by atoms with van der Waals surface area (Å²) in [5, 5.41) is 4.47. The molecule has 3 rings (SSSR count). The third-order valence-electron chi connectivity index (χ3n) is 4.01. The molecule has 0 aliphatic heterocycles. The zero-order chi connectivity index (χ0) is 14.8. The van der Waals surface area contributed by atoms with Crippen LogP contribution < -0.4 is 5.32 Å². The summed E-state index contributed by atoms with van der Waals surface area (Å²) in [5.41, 5.74) is 0.905. The molecule has 0 radical (unpaired) electrons. The lowest BCUT2D eigenvalue weighted by Gasteiger charge is -2.31. The molecule has 1 aliphatic carbocycles. The van der Waals surface area contributed by atoms with Crippen LogP contribution in [0.25, 0.3) is 10.7 Å². The van der Waals surface area contributed by atoms with Gasteiger partial charge in [0, 0.05) is 23.3 Å². The SMILES string of the molecule is Cc1cnc(-c2ccnc(NC3CC(C)C[C@@H](C)C3)n2)s1. The first-order valence-corrected chi connectivity index (χ1v) is 8.44. The Morgan fingerprint density at radius 1 is 1.14 bits per heavy atom. The zero-order valence-electron chi connectivity index (χ0n) is 12.8. The largest absolute Gasteiger partial charge is 0.351 e. The Bertz CT molecular complexity index is 600. The maximum atomic E-state index is 4.63. The maximum absolute atomic E-state index is 4.63. The van der Waals surface area contributed by atoms with Gasteiger partial charge in [-0.3, -0.25) is 0 Å². The standard InChI is InChI=1S/C16H22N4S/c1-10-6-11(2)8-13(7-10)19-16-17-5-4-14(20-16)15-18-9-12(3)21-15/h4-5,9-11,13H,6-8H2,1-3H3,(H,17,19,20)/t10-,11?,13?/m1/s1. The van der Waals surface area contributed by atoms with Gasteiger partial charge in [0.05, 0.1) is 0 Å². The number of anilines is 1. The van der Waals surface area contributed by atoms with E-state index in [-0.39, 0.29) is 0 Å². The molecule has 1 saturated carbocycles. The van der Waals surface area contributed by atoms with Crippen LogP contribution in [0, 0.1) is 18.8 Å². The summed E-state index contributed by atoms with van der Waals surface area (Å²) >= 11 is 1.67. The second-order valence-electron chi connectivity index (χ2n) is 6.30. The first-order chi connectivity index (χ1) is 10.1. The van der Waals surface area contributed by atoms with Crippen LogP contribution >= 0.6 is 11.3 Å². The molecular formula is C16H22N4S. The van der Waals surface area contributed by atoms with Gasteiger partial charge in [-0.15, -0.1) is 11.3 Å². The van der Waals surface area contributed by atoms with Crippen molar-refractivity contribution in [1.82, 2.24) is 15.0 Å². The van der Waals surface area contributed by atoms with Crippen molar-refractivity contribution in [3.8, 4) is 10.7 Å². The van der Waals surface area contributed by atoms with E-state index in [0.29, 0.717) is 6.04 Å². The van der Waals surface area contributed by atoms with Crippen LogP contribution in [0.2, 0.25) is 0 Å². The normalized spacial score (nSPS) is 25.8. The zero-order valence-corrected chi connectivity index (χ0v) is 13.7. The van der Waals surface area contributed by atoms with Crippen LogP contribution in [0.15, 0.2) is 18.5 Å². The van der Waals surface area contributed by atoms with Gasteiger partial charge >= 0.3 is 0 Å². The molecule has 21 heavy (non-hydrogen) atoms. The Labute approximate surface area is 130 Å². The summed E-state index contributed by atoms with van der Waals surface area (Å²) < 4.78 is 0. The van der Waals surface area contributed by atoms with Crippen molar-refractivity contribution in [2.45, 2.75) is 46.1 Å². The molecule has 2 aromatic rings. The molecular weight excluding hydrogens is 280 g/mol. The molecule has 2 aromatic heterocycles. The van der Waals surface area contributed by atoms with Crippen molar-refractivity contribution >= 4 is 17.3 Å². The van der Waals surface area contributed by atoms with E-state index in [4.69, 9.17) is 0 Å². The Hall–Kier alpha value is -1.49. The van der Waals surface area contributed by atoms with Crippen molar-refractivity contribution in [2.75, 3.05) is 5.32 Å². The molecule has 1 fully saturated rings. The average molecular weight is 302 g/mol. The van der Waals surface area contributed by atoms with Crippen LogP contribution in [-0.4, -0.2) is 21.0 Å². The number of hydrogen-bond acceptors (Lipinski definition) is 5. The number of aromatic nitrogens is 3. The van der Waals surface area contributed by atoms with Crippen molar-refractivity contribution in [3.63, 3.8) is 0 Å². The molecule has 1 N–H and O–H groups in total. The highest BCUT2D eigenvalue weighted by molar-refractivity contribution is 7.14. The second-order valence-corrected chi connectivity index (χ2v) is 7.54. The Morgan fingerprint density at radius 2 is 1.90 bits per heavy atom. The third kappa shape index (κ3) is 3.59. The van der Waals surface area contributed by atoms with E-state index in [1.807, 2.05) is 18.5 Å². The number of rotatable bonds is 3. The number of thiazole rings is 1. The molecule has 4 nitrogen and oxygen atoms in total. The maximum Gasteiger partial charge on any atom is 0.223 e. The van der Waals surface area contributed by atoms with Crippen LogP contribution in [0.1, 0.15) is 38.0 Å². The van der Waals surface area contributed by atoms with Gasteiger partial charge in [-0.05, 0) is 44.1 Å². The van der Waals surface area contributed by atoms with E-state index in [9.17, 15) is 0 Å². The van der Waals surface area contributed by atoms with Crippen LogP contribution in [0.5, 0.6) is 0 Å². The van der Waals surface area contributed by atoms with Gasteiger partial charge in [-0.1, -0.05) is 13.8 Å². The van der Waals surface area contributed by atoms with Gasteiger partial charge in [0.25, 0.3) is 0 Å². The minimum absolute atomic E-state index is 0.483. The number of nitrogens with one attached hydrogen (secondary N) is 1. The number of aryl methyl sites for hydroxylation is 1. The summed E-state index contributed by atoms with van der Waals surface area (Å²) in [5.74, 6) is 2.28. The summed E-state index contributed by atoms with van der Waals surface area (Å²) in [7, 11) is 0. The van der Waals surface area contributed by atoms with Gasteiger partial charge in [-0.2, -0.15) is 0 Å². The predicted molar refractivity (Wildman–Crippen MR) is 87.5 cm³/mol. The topological polar surface area (TPSA) is 50.7 Å². The summed E-state index contributed by atoms with van der Waals surface area (Å²) in [6, 6.07) is 2.41.